The van der Waals surface area contributed by atoms with E-state index in [1.54, 1.807) is 12.1 Å². The topological polar surface area (TPSA) is 43.9 Å². The molecule has 0 aromatic heterocycles. The highest BCUT2D eigenvalue weighted by Crippen LogP contribution is 2.21. The van der Waals surface area contributed by atoms with Gasteiger partial charge in [-0.05, 0) is 48.9 Å². The third kappa shape index (κ3) is 5.74. The van der Waals surface area contributed by atoms with Gasteiger partial charge in [0.2, 0.25) is 11.8 Å². The van der Waals surface area contributed by atoms with Crippen LogP contribution in [0.3, 0.4) is 0 Å². The highest BCUT2D eigenvalue weighted by atomic mass is 19.1. The smallest absolute Gasteiger partial charge is 0.240 e. The van der Waals surface area contributed by atoms with E-state index in [1.165, 1.54) is 17.7 Å². The molecule has 0 saturated carbocycles. The van der Waals surface area contributed by atoms with E-state index in [2.05, 4.69) is 17.0 Å². The fraction of sp³-hybridized carbons (Fsp3) is 0.462. The SMILES string of the molecule is O=C(CCCc1ccccc1)N1CCCN([C@@H]2CCN(Cc3ccc(F)cc3)C2=O)CC1. The summed E-state index contributed by atoms with van der Waals surface area (Å²) in [6.07, 6.45) is 4.06. The number of aryl methyl sites for hydroxylation is 1. The molecule has 0 radical (unpaired) electrons. The molecule has 0 aliphatic carbocycles. The van der Waals surface area contributed by atoms with Gasteiger partial charge in [0.15, 0.2) is 0 Å². The van der Waals surface area contributed by atoms with E-state index in [9.17, 15) is 14.0 Å². The quantitative estimate of drug-likeness (QED) is 0.666. The molecule has 32 heavy (non-hydrogen) atoms. The number of rotatable bonds is 7. The monoisotopic (exact) mass is 437 g/mol. The average Bonchev–Trinajstić information content (AvgIpc) is 3.00. The van der Waals surface area contributed by atoms with E-state index in [-0.39, 0.29) is 23.7 Å². The van der Waals surface area contributed by atoms with Gasteiger partial charge in [-0.1, -0.05) is 42.5 Å². The van der Waals surface area contributed by atoms with Crippen molar-refractivity contribution in [3.8, 4) is 0 Å². The van der Waals surface area contributed by atoms with Crippen LogP contribution < -0.4 is 0 Å². The Morgan fingerprint density at radius 2 is 1.69 bits per heavy atom. The second-order valence-electron chi connectivity index (χ2n) is 8.80. The molecule has 6 heteroatoms. The van der Waals surface area contributed by atoms with Crippen LogP contribution in [0.2, 0.25) is 0 Å². The number of hydrogen-bond donors (Lipinski definition) is 0. The van der Waals surface area contributed by atoms with E-state index in [0.29, 0.717) is 19.5 Å². The fourth-order valence-corrected chi connectivity index (χ4v) is 4.77. The number of carbonyl (C=O) groups excluding carboxylic acids is 2. The fourth-order valence-electron chi connectivity index (χ4n) is 4.77. The van der Waals surface area contributed by atoms with Gasteiger partial charge in [-0.25, -0.2) is 4.39 Å². The standard InChI is InChI=1S/C26H32FN3O2/c27-23-12-10-22(11-13-23)20-30-17-14-24(26(30)32)28-15-5-16-29(19-18-28)25(31)9-4-8-21-6-2-1-3-7-21/h1-3,6-7,10-13,24H,4-5,8-9,14-20H2/t24-/m1/s1. The molecule has 0 bridgehead atoms. The third-order valence-corrected chi connectivity index (χ3v) is 6.58. The lowest BCUT2D eigenvalue weighted by Gasteiger charge is -2.26. The zero-order valence-electron chi connectivity index (χ0n) is 18.6. The second-order valence-corrected chi connectivity index (χ2v) is 8.80. The lowest BCUT2D eigenvalue weighted by atomic mass is 10.1. The van der Waals surface area contributed by atoms with Gasteiger partial charge in [-0.3, -0.25) is 14.5 Å². The van der Waals surface area contributed by atoms with Crippen molar-refractivity contribution >= 4 is 11.8 Å². The molecule has 5 nitrogen and oxygen atoms in total. The number of likely N-dealkylation sites (tertiary alicyclic amines) is 1. The van der Waals surface area contributed by atoms with Gasteiger partial charge in [0, 0.05) is 45.7 Å². The average molecular weight is 438 g/mol. The molecule has 2 heterocycles. The Bertz CT molecular complexity index is 903. The highest BCUT2D eigenvalue weighted by Gasteiger charge is 2.36. The molecule has 1 atom stereocenters. The first-order valence-electron chi connectivity index (χ1n) is 11.7. The molecule has 2 aliphatic heterocycles. The summed E-state index contributed by atoms with van der Waals surface area (Å²) >= 11 is 0. The maximum absolute atomic E-state index is 13.1. The minimum Gasteiger partial charge on any atom is -0.341 e. The number of carbonyl (C=O) groups is 2. The summed E-state index contributed by atoms with van der Waals surface area (Å²) in [5.74, 6) is 0.110. The number of benzene rings is 2. The van der Waals surface area contributed by atoms with Crippen LogP contribution in [0.25, 0.3) is 0 Å². The Morgan fingerprint density at radius 1 is 0.906 bits per heavy atom. The van der Waals surface area contributed by atoms with Crippen LogP contribution in [0.5, 0.6) is 0 Å². The Kier molecular flexibility index (Phi) is 7.53. The Labute approximate surface area is 189 Å². The summed E-state index contributed by atoms with van der Waals surface area (Å²) in [6, 6.07) is 16.5. The molecular formula is C26H32FN3O2. The molecule has 4 rings (SSSR count). The molecule has 2 aromatic rings. The highest BCUT2D eigenvalue weighted by molar-refractivity contribution is 5.84. The van der Waals surface area contributed by atoms with Gasteiger partial charge in [0.1, 0.15) is 5.82 Å². The first-order valence-corrected chi connectivity index (χ1v) is 11.7. The lowest BCUT2D eigenvalue weighted by molar-refractivity contribution is -0.132. The van der Waals surface area contributed by atoms with Gasteiger partial charge >= 0.3 is 0 Å². The summed E-state index contributed by atoms with van der Waals surface area (Å²) < 4.78 is 13.1. The Hall–Kier alpha value is -2.73. The minimum absolute atomic E-state index is 0.108. The normalized spacial score (nSPS) is 19.9. The number of nitrogens with zero attached hydrogens (tertiary/aromatic N) is 3. The number of amides is 2. The van der Waals surface area contributed by atoms with Gasteiger partial charge in [-0.2, -0.15) is 0 Å². The van der Waals surface area contributed by atoms with E-state index in [4.69, 9.17) is 0 Å². The molecule has 170 valence electrons. The molecule has 2 aliphatic rings. The lowest BCUT2D eigenvalue weighted by Crippen LogP contribution is -2.44. The van der Waals surface area contributed by atoms with Gasteiger partial charge in [-0.15, -0.1) is 0 Å². The van der Waals surface area contributed by atoms with Crippen molar-refractivity contribution in [3.63, 3.8) is 0 Å². The second kappa shape index (κ2) is 10.7. The van der Waals surface area contributed by atoms with Crippen molar-refractivity contribution in [3.05, 3.63) is 71.5 Å². The largest absolute Gasteiger partial charge is 0.341 e. The molecule has 2 amide bonds. The summed E-state index contributed by atoms with van der Waals surface area (Å²) in [5.41, 5.74) is 2.22. The van der Waals surface area contributed by atoms with Crippen LogP contribution in [-0.2, 0) is 22.6 Å². The van der Waals surface area contributed by atoms with E-state index in [0.717, 1.165) is 57.4 Å². The van der Waals surface area contributed by atoms with Crippen molar-refractivity contribution in [2.75, 3.05) is 32.7 Å². The van der Waals surface area contributed by atoms with Crippen LogP contribution in [0.4, 0.5) is 4.39 Å². The number of halogens is 1. The van der Waals surface area contributed by atoms with Gasteiger partial charge in [0.05, 0.1) is 6.04 Å². The molecule has 0 N–H and O–H groups in total. The van der Waals surface area contributed by atoms with Crippen LogP contribution >= 0.6 is 0 Å². The zero-order valence-corrected chi connectivity index (χ0v) is 18.6. The third-order valence-electron chi connectivity index (χ3n) is 6.58. The Morgan fingerprint density at radius 3 is 2.47 bits per heavy atom. The maximum Gasteiger partial charge on any atom is 0.240 e. The van der Waals surface area contributed by atoms with Gasteiger partial charge < -0.3 is 9.80 Å². The summed E-state index contributed by atoms with van der Waals surface area (Å²) in [6.45, 7) is 4.28. The maximum atomic E-state index is 13.1. The first-order chi connectivity index (χ1) is 15.6. The van der Waals surface area contributed by atoms with Crippen molar-refractivity contribution in [1.29, 1.82) is 0 Å². The van der Waals surface area contributed by atoms with E-state index in [1.807, 2.05) is 28.0 Å². The van der Waals surface area contributed by atoms with Crippen LogP contribution in [0.15, 0.2) is 54.6 Å². The summed E-state index contributed by atoms with van der Waals surface area (Å²) in [7, 11) is 0. The molecule has 2 aromatic carbocycles. The van der Waals surface area contributed by atoms with Crippen LogP contribution in [0.1, 0.15) is 36.8 Å². The molecule has 2 saturated heterocycles. The minimum atomic E-state index is -0.261. The number of hydrogen-bond acceptors (Lipinski definition) is 3. The van der Waals surface area contributed by atoms with Crippen molar-refractivity contribution < 1.29 is 14.0 Å². The summed E-state index contributed by atoms with van der Waals surface area (Å²) in [4.78, 5) is 31.8. The van der Waals surface area contributed by atoms with Crippen molar-refractivity contribution in [1.82, 2.24) is 14.7 Å². The molecule has 0 unspecified atom stereocenters. The molecular weight excluding hydrogens is 405 g/mol. The predicted octanol–water partition coefficient (Wildman–Crippen LogP) is 3.48. The van der Waals surface area contributed by atoms with Crippen LogP contribution in [0, 0.1) is 5.82 Å². The molecule has 2 fully saturated rings. The van der Waals surface area contributed by atoms with Gasteiger partial charge in [0.25, 0.3) is 0 Å². The molecule has 0 spiro atoms. The Balaban J connectivity index is 1.24. The van der Waals surface area contributed by atoms with Crippen molar-refractivity contribution in [2.45, 2.75) is 44.7 Å². The predicted molar refractivity (Wildman–Crippen MR) is 122 cm³/mol. The van der Waals surface area contributed by atoms with E-state index >= 15 is 0 Å². The first kappa shape index (κ1) is 22.5. The zero-order chi connectivity index (χ0) is 22.3. The summed E-state index contributed by atoms with van der Waals surface area (Å²) in [5, 5.41) is 0. The van der Waals surface area contributed by atoms with Crippen LogP contribution in [-0.4, -0.2) is 65.3 Å². The van der Waals surface area contributed by atoms with E-state index < -0.39 is 0 Å². The van der Waals surface area contributed by atoms with Crippen molar-refractivity contribution in [2.24, 2.45) is 0 Å².